The summed E-state index contributed by atoms with van der Waals surface area (Å²) in [6.07, 6.45) is 3.75. The molecular weight excluding hydrogens is 271 g/mol. The molecule has 0 heterocycles. The molecule has 0 aliphatic heterocycles. The molecule has 1 N–H and O–H groups in total. The lowest BCUT2D eigenvalue weighted by molar-refractivity contribution is -0.384. The molecule has 0 fully saturated rings. The lowest BCUT2D eigenvalue weighted by atomic mass is 10.1. The molecule has 0 radical (unpaired) electrons. The van der Waals surface area contributed by atoms with Crippen LogP contribution in [0.4, 0.5) is 10.1 Å². The molecule has 5 nitrogen and oxygen atoms in total. The van der Waals surface area contributed by atoms with Crippen molar-refractivity contribution in [1.82, 2.24) is 5.32 Å². The molecule has 0 saturated heterocycles. The second kappa shape index (κ2) is 7.73. The highest BCUT2D eigenvalue weighted by Gasteiger charge is 2.16. The van der Waals surface area contributed by atoms with Crippen molar-refractivity contribution in [2.24, 2.45) is 0 Å². The lowest BCUT2D eigenvalue weighted by Gasteiger charge is -2.05. The van der Waals surface area contributed by atoms with Crippen LogP contribution >= 0.6 is 11.8 Å². The van der Waals surface area contributed by atoms with Gasteiger partial charge in [0, 0.05) is 18.7 Å². The Bertz CT molecular complexity index is 468. The summed E-state index contributed by atoms with van der Waals surface area (Å²) in [7, 11) is 0. The number of nitrogens with one attached hydrogen (secondary N) is 1. The number of carbonyl (C=O) groups is 1. The van der Waals surface area contributed by atoms with Gasteiger partial charge in [-0.3, -0.25) is 14.9 Å². The maximum absolute atomic E-state index is 13.4. The van der Waals surface area contributed by atoms with E-state index in [0.29, 0.717) is 6.54 Å². The van der Waals surface area contributed by atoms with Gasteiger partial charge in [0.05, 0.1) is 10.5 Å². The second-order valence-corrected chi connectivity index (χ2v) is 4.86. The smallest absolute Gasteiger partial charge is 0.270 e. The number of amides is 1. The van der Waals surface area contributed by atoms with Crippen LogP contribution in [0.15, 0.2) is 18.2 Å². The van der Waals surface area contributed by atoms with E-state index in [-0.39, 0.29) is 11.3 Å². The van der Waals surface area contributed by atoms with Crippen LogP contribution in [0.3, 0.4) is 0 Å². The first-order valence-corrected chi connectivity index (χ1v) is 7.16. The second-order valence-electron chi connectivity index (χ2n) is 3.88. The molecule has 1 aromatic rings. The third-order valence-electron chi connectivity index (χ3n) is 2.47. The zero-order valence-corrected chi connectivity index (χ0v) is 11.3. The Kier molecular flexibility index (Phi) is 6.27. The summed E-state index contributed by atoms with van der Waals surface area (Å²) in [5.41, 5.74) is -0.590. The number of halogens is 1. The van der Waals surface area contributed by atoms with E-state index in [1.54, 1.807) is 11.8 Å². The molecule has 19 heavy (non-hydrogen) atoms. The van der Waals surface area contributed by atoms with Crippen LogP contribution in [0.5, 0.6) is 0 Å². The van der Waals surface area contributed by atoms with E-state index in [4.69, 9.17) is 0 Å². The van der Waals surface area contributed by atoms with Gasteiger partial charge in [-0.2, -0.15) is 11.8 Å². The van der Waals surface area contributed by atoms with Crippen molar-refractivity contribution in [3.63, 3.8) is 0 Å². The SMILES string of the molecule is CSCCCCNC(=O)c1cc([N+](=O)[O-])ccc1F. The van der Waals surface area contributed by atoms with Gasteiger partial charge in [-0.1, -0.05) is 0 Å². The van der Waals surface area contributed by atoms with Gasteiger partial charge in [0.1, 0.15) is 5.82 Å². The van der Waals surface area contributed by atoms with Gasteiger partial charge >= 0.3 is 0 Å². The van der Waals surface area contributed by atoms with Crippen LogP contribution in [0.25, 0.3) is 0 Å². The van der Waals surface area contributed by atoms with Gasteiger partial charge in [0.2, 0.25) is 0 Å². The maximum atomic E-state index is 13.4. The summed E-state index contributed by atoms with van der Waals surface area (Å²) in [5, 5.41) is 13.1. The lowest BCUT2D eigenvalue weighted by Crippen LogP contribution is -2.25. The van der Waals surface area contributed by atoms with Gasteiger partial charge in [-0.15, -0.1) is 0 Å². The normalized spacial score (nSPS) is 10.2. The minimum atomic E-state index is -0.757. The number of unbranched alkanes of at least 4 members (excludes halogenated alkanes) is 1. The van der Waals surface area contributed by atoms with Crippen molar-refractivity contribution < 1.29 is 14.1 Å². The summed E-state index contributed by atoms with van der Waals surface area (Å²) in [4.78, 5) is 21.6. The van der Waals surface area contributed by atoms with Crippen LogP contribution < -0.4 is 5.32 Å². The van der Waals surface area contributed by atoms with Gasteiger partial charge in [-0.25, -0.2) is 4.39 Å². The quantitative estimate of drug-likeness (QED) is 0.475. The fraction of sp³-hybridized carbons (Fsp3) is 0.417. The summed E-state index contributed by atoms with van der Waals surface area (Å²) < 4.78 is 13.4. The molecule has 1 amide bonds. The predicted octanol–water partition coefficient (Wildman–Crippen LogP) is 2.61. The Hall–Kier alpha value is -1.63. The van der Waals surface area contributed by atoms with Crippen LogP contribution in [-0.4, -0.2) is 29.4 Å². The summed E-state index contributed by atoms with van der Waals surface area (Å²) in [6, 6.07) is 2.91. The van der Waals surface area contributed by atoms with Crippen molar-refractivity contribution in [3.8, 4) is 0 Å². The molecule has 1 rings (SSSR count). The number of carbonyl (C=O) groups excluding carboxylic acids is 1. The molecule has 0 bridgehead atoms. The summed E-state index contributed by atoms with van der Waals surface area (Å²) in [5.74, 6) is -0.376. The monoisotopic (exact) mass is 286 g/mol. The van der Waals surface area contributed by atoms with Gasteiger partial charge in [-0.05, 0) is 30.9 Å². The molecule has 0 spiro atoms. The molecule has 0 aliphatic carbocycles. The molecule has 7 heteroatoms. The number of nitro groups is 1. The topological polar surface area (TPSA) is 72.2 Å². The molecular formula is C12H15FN2O3S. The van der Waals surface area contributed by atoms with Crippen molar-refractivity contribution in [2.75, 3.05) is 18.6 Å². The number of nitro benzene ring substituents is 1. The van der Waals surface area contributed by atoms with E-state index in [2.05, 4.69) is 5.32 Å². The van der Waals surface area contributed by atoms with Gasteiger partial charge < -0.3 is 5.32 Å². The summed E-state index contributed by atoms with van der Waals surface area (Å²) in [6.45, 7) is 0.432. The van der Waals surface area contributed by atoms with E-state index in [1.165, 1.54) is 0 Å². The molecule has 0 atom stereocenters. The number of nitrogens with zero attached hydrogens (tertiary/aromatic N) is 1. The Morgan fingerprint density at radius 3 is 2.84 bits per heavy atom. The van der Waals surface area contributed by atoms with Crippen LogP contribution in [0.2, 0.25) is 0 Å². The molecule has 0 aromatic heterocycles. The average Bonchev–Trinajstić information content (AvgIpc) is 2.38. The van der Waals surface area contributed by atoms with Crippen LogP contribution in [0, 0.1) is 15.9 Å². The number of thioether (sulfide) groups is 1. The maximum Gasteiger partial charge on any atom is 0.270 e. The van der Waals surface area contributed by atoms with E-state index in [0.717, 1.165) is 36.8 Å². The highest BCUT2D eigenvalue weighted by atomic mass is 32.2. The Labute approximate surface area is 114 Å². The molecule has 0 unspecified atom stereocenters. The minimum Gasteiger partial charge on any atom is -0.352 e. The minimum absolute atomic E-state index is 0.293. The first kappa shape index (κ1) is 15.4. The number of hydrogen-bond donors (Lipinski definition) is 1. The first-order valence-electron chi connectivity index (χ1n) is 5.77. The number of benzene rings is 1. The van der Waals surface area contributed by atoms with Crippen molar-refractivity contribution >= 4 is 23.4 Å². The van der Waals surface area contributed by atoms with E-state index in [1.807, 2.05) is 6.26 Å². The van der Waals surface area contributed by atoms with Crippen molar-refractivity contribution in [2.45, 2.75) is 12.8 Å². The van der Waals surface area contributed by atoms with Gasteiger partial charge in [0.15, 0.2) is 0 Å². The zero-order chi connectivity index (χ0) is 14.3. The molecule has 104 valence electrons. The summed E-state index contributed by atoms with van der Waals surface area (Å²) >= 11 is 1.72. The molecule has 1 aromatic carbocycles. The number of rotatable bonds is 7. The standard InChI is InChI=1S/C12H15FN2O3S/c1-19-7-3-2-6-14-12(16)10-8-9(15(17)18)4-5-11(10)13/h4-5,8H,2-3,6-7H2,1H3,(H,14,16). The van der Waals surface area contributed by atoms with Crippen LogP contribution in [-0.2, 0) is 0 Å². The molecule has 0 aliphatic rings. The Morgan fingerprint density at radius 2 is 2.21 bits per heavy atom. The highest BCUT2D eigenvalue weighted by Crippen LogP contribution is 2.16. The van der Waals surface area contributed by atoms with E-state index < -0.39 is 16.6 Å². The highest BCUT2D eigenvalue weighted by molar-refractivity contribution is 7.98. The third kappa shape index (κ3) is 4.86. The fourth-order valence-electron chi connectivity index (χ4n) is 1.47. The van der Waals surface area contributed by atoms with Crippen molar-refractivity contribution in [3.05, 3.63) is 39.7 Å². The van der Waals surface area contributed by atoms with E-state index in [9.17, 15) is 19.3 Å². The number of non-ortho nitro benzene ring substituents is 1. The Balaban J connectivity index is 2.61. The Morgan fingerprint density at radius 1 is 1.47 bits per heavy atom. The average molecular weight is 286 g/mol. The zero-order valence-electron chi connectivity index (χ0n) is 10.5. The van der Waals surface area contributed by atoms with Gasteiger partial charge in [0.25, 0.3) is 11.6 Å². The predicted molar refractivity (Wildman–Crippen MR) is 73.0 cm³/mol. The third-order valence-corrected chi connectivity index (χ3v) is 3.16. The van der Waals surface area contributed by atoms with Crippen molar-refractivity contribution in [1.29, 1.82) is 0 Å². The van der Waals surface area contributed by atoms with Crippen LogP contribution in [0.1, 0.15) is 23.2 Å². The first-order chi connectivity index (χ1) is 9.06. The largest absolute Gasteiger partial charge is 0.352 e. The van der Waals surface area contributed by atoms with E-state index >= 15 is 0 Å². The fourth-order valence-corrected chi connectivity index (χ4v) is 1.96. The molecule has 0 saturated carbocycles. The number of hydrogen-bond acceptors (Lipinski definition) is 4.